The molecule has 0 saturated carbocycles. The van der Waals surface area contributed by atoms with Gasteiger partial charge in [-0.25, -0.2) is 9.78 Å². The fraction of sp³-hybridized carbons (Fsp3) is 0.500. The number of nitrogens with zero attached hydrogens (tertiary/aromatic N) is 2. The monoisotopic (exact) mass is 269 g/mol. The van der Waals surface area contributed by atoms with Crippen molar-refractivity contribution in [1.29, 1.82) is 0 Å². The van der Waals surface area contributed by atoms with Crippen LogP contribution in [0.2, 0.25) is 0 Å². The molecular formula is C12H19N3O2S. The third-order valence-electron chi connectivity index (χ3n) is 2.38. The summed E-state index contributed by atoms with van der Waals surface area (Å²) in [4.78, 5) is 18.0. The number of carbonyl (C=O) groups is 1. The van der Waals surface area contributed by atoms with Crippen molar-refractivity contribution < 1.29 is 9.53 Å². The zero-order chi connectivity index (χ0) is 13.5. The van der Waals surface area contributed by atoms with Gasteiger partial charge in [0, 0.05) is 19.3 Å². The van der Waals surface area contributed by atoms with E-state index >= 15 is 0 Å². The zero-order valence-electron chi connectivity index (χ0n) is 11.0. The minimum absolute atomic E-state index is 0.335. The molecule has 0 radical (unpaired) electrons. The molecule has 1 rings (SSSR count). The lowest BCUT2D eigenvalue weighted by Gasteiger charge is -2.20. The van der Waals surface area contributed by atoms with Gasteiger partial charge in [-0.05, 0) is 19.2 Å². The van der Waals surface area contributed by atoms with Gasteiger partial charge in [0.05, 0.1) is 18.5 Å². The van der Waals surface area contributed by atoms with Crippen LogP contribution in [-0.2, 0) is 4.74 Å². The highest BCUT2D eigenvalue weighted by Gasteiger charge is 2.17. The highest BCUT2D eigenvalue weighted by Crippen LogP contribution is 2.20. The van der Waals surface area contributed by atoms with Crippen molar-refractivity contribution in [2.75, 3.05) is 42.8 Å². The van der Waals surface area contributed by atoms with E-state index in [2.05, 4.69) is 4.98 Å². The van der Waals surface area contributed by atoms with E-state index in [9.17, 15) is 4.79 Å². The Balaban J connectivity index is 2.98. The van der Waals surface area contributed by atoms with Crippen LogP contribution in [0.4, 0.5) is 11.5 Å². The van der Waals surface area contributed by atoms with Crippen molar-refractivity contribution in [2.45, 2.75) is 6.92 Å². The average Bonchev–Trinajstić information content (AvgIpc) is 2.36. The van der Waals surface area contributed by atoms with Crippen LogP contribution < -0.4 is 10.6 Å². The molecule has 1 heterocycles. The summed E-state index contributed by atoms with van der Waals surface area (Å²) in [7, 11) is 1.90. The van der Waals surface area contributed by atoms with Crippen molar-refractivity contribution >= 4 is 29.2 Å². The molecule has 0 fully saturated rings. The molecule has 0 aromatic carbocycles. The zero-order valence-corrected chi connectivity index (χ0v) is 11.8. The Labute approximate surface area is 112 Å². The van der Waals surface area contributed by atoms with Crippen molar-refractivity contribution in [3.8, 4) is 0 Å². The second kappa shape index (κ2) is 7.10. The van der Waals surface area contributed by atoms with E-state index < -0.39 is 0 Å². The molecular weight excluding hydrogens is 250 g/mol. The Morgan fingerprint density at radius 2 is 2.33 bits per heavy atom. The topological polar surface area (TPSA) is 68.5 Å². The van der Waals surface area contributed by atoms with Crippen LogP contribution in [0.15, 0.2) is 12.3 Å². The first-order valence-electron chi connectivity index (χ1n) is 5.72. The number of thioether (sulfide) groups is 1. The molecule has 2 N–H and O–H groups in total. The summed E-state index contributed by atoms with van der Waals surface area (Å²) in [5, 5.41) is 0. The third-order valence-corrected chi connectivity index (χ3v) is 2.97. The minimum Gasteiger partial charge on any atom is -0.462 e. The highest BCUT2D eigenvalue weighted by molar-refractivity contribution is 7.98. The van der Waals surface area contributed by atoms with Gasteiger partial charge in [0.15, 0.2) is 0 Å². The quantitative estimate of drug-likeness (QED) is 0.792. The molecule has 0 unspecified atom stereocenters. The van der Waals surface area contributed by atoms with Gasteiger partial charge in [-0.15, -0.1) is 0 Å². The van der Waals surface area contributed by atoms with Gasteiger partial charge in [0.25, 0.3) is 0 Å². The maximum atomic E-state index is 11.8. The summed E-state index contributed by atoms with van der Waals surface area (Å²) in [6.45, 7) is 2.92. The maximum absolute atomic E-state index is 11.8. The van der Waals surface area contributed by atoms with E-state index in [1.165, 1.54) is 0 Å². The Bertz CT molecular complexity index is 412. The van der Waals surface area contributed by atoms with Crippen LogP contribution in [-0.4, -0.2) is 43.2 Å². The molecule has 0 aliphatic heterocycles. The normalized spacial score (nSPS) is 10.2. The third kappa shape index (κ3) is 3.80. The number of nitrogen functional groups attached to an aromatic ring is 1. The molecule has 0 aliphatic rings. The Kier molecular flexibility index (Phi) is 5.77. The SMILES string of the molecule is CCOC(=O)c1cc(N)cnc1N(C)CCSC. The number of anilines is 2. The summed E-state index contributed by atoms with van der Waals surface area (Å²) in [6, 6.07) is 1.61. The molecule has 0 bridgehead atoms. The first kappa shape index (κ1) is 14.6. The van der Waals surface area contributed by atoms with E-state index in [1.54, 1.807) is 30.9 Å². The van der Waals surface area contributed by atoms with Crippen molar-refractivity contribution in [3.63, 3.8) is 0 Å². The predicted molar refractivity (Wildman–Crippen MR) is 76.3 cm³/mol. The minimum atomic E-state index is -0.386. The summed E-state index contributed by atoms with van der Waals surface area (Å²) >= 11 is 1.74. The number of ether oxygens (including phenoxy) is 1. The molecule has 0 atom stereocenters. The number of carbonyl (C=O) groups excluding carboxylic acids is 1. The fourth-order valence-electron chi connectivity index (χ4n) is 1.47. The number of rotatable bonds is 6. The van der Waals surface area contributed by atoms with Crippen molar-refractivity contribution in [1.82, 2.24) is 4.98 Å². The van der Waals surface area contributed by atoms with E-state index in [4.69, 9.17) is 10.5 Å². The highest BCUT2D eigenvalue weighted by atomic mass is 32.2. The summed E-state index contributed by atoms with van der Waals surface area (Å²) in [5.41, 5.74) is 6.54. The summed E-state index contributed by atoms with van der Waals surface area (Å²) < 4.78 is 5.01. The molecule has 6 heteroatoms. The Hall–Kier alpha value is -1.43. The van der Waals surface area contributed by atoms with E-state index in [0.29, 0.717) is 23.7 Å². The number of esters is 1. The molecule has 100 valence electrons. The average molecular weight is 269 g/mol. The second-order valence-corrected chi connectivity index (χ2v) is 4.76. The van der Waals surface area contributed by atoms with Crippen molar-refractivity contribution in [2.24, 2.45) is 0 Å². The number of nitrogens with two attached hydrogens (primary N) is 1. The maximum Gasteiger partial charge on any atom is 0.341 e. The van der Waals surface area contributed by atoms with Crippen LogP contribution >= 0.6 is 11.8 Å². The molecule has 5 nitrogen and oxygen atoms in total. The predicted octanol–water partition coefficient (Wildman–Crippen LogP) is 1.64. The lowest BCUT2D eigenvalue weighted by atomic mass is 10.2. The molecule has 1 aromatic rings. The molecule has 0 spiro atoms. The van der Waals surface area contributed by atoms with Gasteiger partial charge in [-0.1, -0.05) is 0 Å². The number of hydrogen-bond acceptors (Lipinski definition) is 6. The van der Waals surface area contributed by atoms with Crippen molar-refractivity contribution in [3.05, 3.63) is 17.8 Å². The molecule has 0 amide bonds. The molecule has 0 saturated heterocycles. The molecule has 1 aromatic heterocycles. The fourth-order valence-corrected chi connectivity index (χ4v) is 1.93. The number of pyridine rings is 1. The van der Waals surface area contributed by atoms with Crippen LogP contribution in [0.25, 0.3) is 0 Å². The Morgan fingerprint density at radius 3 is 2.94 bits per heavy atom. The van der Waals surface area contributed by atoms with Crippen LogP contribution in [0.3, 0.4) is 0 Å². The van der Waals surface area contributed by atoms with Gasteiger partial charge in [-0.3, -0.25) is 0 Å². The van der Waals surface area contributed by atoms with Gasteiger partial charge in [0.2, 0.25) is 0 Å². The largest absolute Gasteiger partial charge is 0.462 e. The van der Waals surface area contributed by atoms with Crippen LogP contribution in [0.5, 0.6) is 0 Å². The summed E-state index contributed by atoms with van der Waals surface area (Å²) in [6.07, 6.45) is 3.59. The van der Waals surface area contributed by atoms with E-state index in [1.807, 2.05) is 18.2 Å². The Morgan fingerprint density at radius 1 is 1.61 bits per heavy atom. The van der Waals surface area contributed by atoms with Gasteiger partial charge >= 0.3 is 5.97 Å². The standard InChI is InChI=1S/C12H19N3O2S/c1-4-17-12(16)10-7-9(13)8-14-11(10)15(2)5-6-18-3/h7-8H,4-6,13H2,1-3H3. The van der Waals surface area contributed by atoms with Gasteiger partial charge in [0.1, 0.15) is 11.4 Å². The molecule has 18 heavy (non-hydrogen) atoms. The second-order valence-electron chi connectivity index (χ2n) is 3.77. The smallest absolute Gasteiger partial charge is 0.341 e. The van der Waals surface area contributed by atoms with Gasteiger partial charge in [-0.2, -0.15) is 11.8 Å². The lowest BCUT2D eigenvalue weighted by Crippen LogP contribution is -2.24. The number of hydrogen-bond donors (Lipinski definition) is 1. The van der Waals surface area contributed by atoms with Crippen LogP contribution in [0.1, 0.15) is 17.3 Å². The molecule has 0 aliphatic carbocycles. The van der Waals surface area contributed by atoms with Crippen LogP contribution in [0, 0.1) is 0 Å². The number of aromatic nitrogens is 1. The summed E-state index contributed by atoms with van der Waals surface area (Å²) in [5.74, 6) is 1.19. The van der Waals surface area contributed by atoms with Gasteiger partial charge < -0.3 is 15.4 Å². The first-order chi connectivity index (χ1) is 8.60. The lowest BCUT2D eigenvalue weighted by molar-refractivity contribution is 0.0527. The van der Waals surface area contributed by atoms with E-state index in [-0.39, 0.29) is 5.97 Å². The first-order valence-corrected chi connectivity index (χ1v) is 7.12. The van der Waals surface area contributed by atoms with E-state index in [0.717, 1.165) is 12.3 Å².